The van der Waals surface area contributed by atoms with Crippen LogP contribution in [0.1, 0.15) is 63.3 Å². The molecule has 0 aliphatic carbocycles. The van der Waals surface area contributed by atoms with E-state index in [2.05, 4.69) is 31.9 Å². The van der Waals surface area contributed by atoms with E-state index in [1.54, 1.807) is 32.9 Å². The molecule has 0 saturated carbocycles. The summed E-state index contributed by atoms with van der Waals surface area (Å²) in [4.78, 5) is 46.1. The molecule has 2 aromatic carbocycles. The van der Waals surface area contributed by atoms with Crippen LogP contribution in [0.2, 0.25) is 0 Å². The molecule has 2 rings (SSSR count). The van der Waals surface area contributed by atoms with E-state index < -0.39 is 23.9 Å². The van der Waals surface area contributed by atoms with Gasteiger partial charge in [-0.1, -0.05) is 31.9 Å². The lowest BCUT2D eigenvalue weighted by Crippen LogP contribution is -2.13. The molecule has 38 heavy (non-hydrogen) atoms. The number of esters is 4. The highest BCUT2D eigenvalue weighted by molar-refractivity contribution is 9.24. The van der Waals surface area contributed by atoms with Gasteiger partial charge < -0.3 is 28.4 Å². The van der Waals surface area contributed by atoms with Crippen molar-refractivity contribution in [2.45, 2.75) is 38.4 Å². The van der Waals surface area contributed by atoms with Gasteiger partial charge in [0.25, 0.3) is 0 Å². The molecule has 0 saturated heterocycles. The summed E-state index contributed by atoms with van der Waals surface area (Å²) in [6.07, 6.45) is 0. The van der Waals surface area contributed by atoms with Crippen LogP contribution in [0, 0.1) is 6.92 Å². The number of aryl methyl sites for hydroxylation is 1. The summed E-state index contributed by atoms with van der Waals surface area (Å²) < 4.78 is 29.9. The standard InChI is InChI=1S/C13H14Br2O5.C13H16O5/c1-4-19-13(17)11-9(12(14)15)5-8(18-3)6-10(11)20-7(2)16;1-5-17-13(15)12-8(2)6-10(16-4)7-11(12)18-9(3)14/h5-6,12H,4H2,1-3H3;6-7H,5H2,1-4H3. The molecule has 2 aromatic rings. The van der Waals surface area contributed by atoms with Crippen molar-refractivity contribution in [2.24, 2.45) is 0 Å². The Kier molecular flexibility index (Phi) is 13.8. The third-order valence-electron chi connectivity index (χ3n) is 4.55. The molecule has 0 aromatic heterocycles. The fraction of sp³-hybridized carbons (Fsp3) is 0.385. The molecule has 0 aliphatic heterocycles. The molecular formula is C26H30Br2O10. The molecule has 0 spiro atoms. The minimum absolute atomic E-state index is 0.106. The maximum atomic E-state index is 12.1. The SMILES string of the molecule is CCOC(=O)c1c(C)cc(OC)cc1OC(C)=O.CCOC(=O)c1c(OC(C)=O)cc(OC)cc1C(Br)Br. The third-order valence-corrected chi connectivity index (χ3v) is 5.54. The number of rotatable bonds is 9. The average molecular weight is 662 g/mol. The fourth-order valence-electron chi connectivity index (χ4n) is 3.10. The van der Waals surface area contributed by atoms with Crippen molar-refractivity contribution in [3.05, 3.63) is 46.5 Å². The van der Waals surface area contributed by atoms with Crippen LogP contribution < -0.4 is 18.9 Å². The third kappa shape index (κ3) is 9.64. The van der Waals surface area contributed by atoms with Gasteiger partial charge in [-0.15, -0.1) is 0 Å². The Labute approximate surface area is 238 Å². The van der Waals surface area contributed by atoms with E-state index in [-0.39, 0.29) is 39.6 Å². The zero-order valence-electron chi connectivity index (χ0n) is 22.1. The van der Waals surface area contributed by atoms with Gasteiger partial charge in [0.05, 0.1) is 31.2 Å². The van der Waals surface area contributed by atoms with Crippen LogP contribution in [0.4, 0.5) is 0 Å². The predicted octanol–water partition coefficient (Wildman–Crippen LogP) is 5.69. The number of benzene rings is 2. The van der Waals surface area contributed by atoms with Crippen LogP contribution in [-0.4, -0.2) is 51.3 Å². The summed E-state index contributed by atoms with van der Waals surface area (Å²) in [5, 5.41) is 0. The van der Waals surface area contributed by atoms with Crippen LogP contribution in [0.15, 0.2) is 24.3 Å². The van der Waals surface area contributed by atoms with Gasteiger partial charge in [0.15, 0.2) is 0 Å². The van der Waals surface area contributed by atoms with Crippen molar-refractivity contribution in [1.82, 2.24) is 0 Å². The average Bonchev–Trinajstić information content (AvgIpc) is 2.82. The number of alkyl halides is 2. The summed E-state index contributed by atoms with van der Waals surface area (Å²) in [5.41, 5.74) is 1.61. The van der Waals surface area contributed by atoms with Gasteiger partial charge in [0, 0.05) is 26.0 Å². The maximum absolute atomic E-state index is 12.1. The van der Waals surface area contributed by atoms with Gasteiger partial charge in [0.2, 0.25) is 0 Å². The molecule has 0 N–H and O–H groups in total. The zero-order chi connectivity index (χ0) is 29.0. The molecule has 0 radical (unpaired) electrons. The van der Waals surface area contributed by atoms with Crippen molar-refractivity contribution in [3.63, 3.8) is 0 Å². The van der Waals surface area contributed by atoms with Crippen molar-refractivity contribution >= 4 is 55.7 Å². The quantitative estimate of drug-likeness (QED) is 0.188. The molecule has 208 valence electrons. The first-order valence-corrected chi connectivity index (χ1v) is 13.1. The lowest BCUT2D eigenvalue weighted by Gasteiger charge is -2.15. The first-order chi connectivity index (χ1) is 17.9. The zero-order valence-corrected chi connectivity index (χ0v) is 25.3. The number of methoxy groups -OCH3 is 2. The van der Waals surface area contributed by atoms with Gasteiger partial charge in [-0.3, -0.25) is 9.59 Å². The summed E-state index contributed by atoms with van der Waals surface area (Å²) in [6.45, 7) is 8.14. The topological polar surface area (TPSA) is 124 Å². The number of carbonyl (C=O) groups excluding carboxylic acids is 4. The van der Waals surface area contributed by atoms with E-state index in [4.69, 9.17) is 28.4 Å². The normalized spacial score (nSPS) is 10.1. The van der Waals surface area contributed by atoms with Gasteiger partial charge in [-0.05, 0) is 44.0 Å². The van der Waals surface area contributed by atoms with Crippen LogP contribution in [0.5, 0.6) is 23.0 Å². The molecular weight excluding hydrogens is 632 g/mol. The second kappa shape index (κ2) is 16.0. The highest BCUT2D eigenvalue weighted by Gasteiger charge is 2.25. The molecule has 0 heterocycles. The van der Waals surface area contributed by atoms with Gasteiger partial charge >= 0.3 is 23.9 Å². The minimum Gasteiger partial charge on any atom is -0.497 e. The Morgan fingerprint density at radius 3 is 1.55 bits per heavy atom. The summed E-state index contributed by atoms with van der Waals surface area (Å²) in [6, 6.07) is 6.30. The highest BCUT2D eigenvalue weighted by Crippen LogP contribution is 2.39. The van der Waals surface area contributed by atoms with E-state index >= 15 is 0 Å². The molecule has 12 heteroatoms. The van der Waals surface area contributed by atoms with Gasteiger partial charge in [-0.25, -0.2) is 9.59 Å². The van der Waals surface area contributed by atoms with Crippen LogP contribution in [0.25, 0.3) is 0 Å². The Morgan fingerprint density at radius 2 is 1.16 bits per heavy atom. The van der Waals surface area contributed by atoms with E-state index in [0.29, 0.717) is 22.6 Å². The molecule has 0 unspecified atom stereocenters. The second-order valence-electron chi connectivity index (χ2n) is 7.34. The lowest BCUT2D eigenvalue weighted by atomic mass is 10.1. The largest absolute Gasteiger partial charge is 0.497 e. The Morgan fingerprint density at radius 1 is 0.737 bits per heavy atom. The smallest absolute Gasteiger partial charge is 0.342 e. The van der Waals surface area contributed by atoms with Gasteiger partial charge in [0.1, 0.15) is 34.1 Å². The monoisotopic (exact) mass is 660 g/mol. The van der Waals surface area contributed by atoms with Crippen molar-refractivity contribution in [1.29, 1.82) is 0 Å². The molecule has 0 atom stereocenters. The highest BCUT2D eigenvalue weighted by atomic mass is 79.9. The maximum Gasteiger partial charge on any atom is 0.342 e. The van der Waals surface area contributed by atoms with E-state index in [1.807, 2.05) is 0 Å². The lowest BCUT2D eigenvalue weighted by molar-refractivity contribution is -0.132. The molecule has 0 amide bonds. The summed E-state index contributed by atoms with van der Waals surface area (Å²) >= 11 is 6.66. The van der Waals surface area contributed by atoms with Gasteiger partial charge in [-0.2, -0.15) is 0 Å². The Balaban J connectivity index is 0.000000382. The van der Waals surface area contributed by atoms with Crippen LogP contribution in [0.3, 0.4) is 0 Å². The number of hydrogen-bond acceptors (Lipinski definition) is 10. The molecule has 0 fully saturated rings. The number of hydrogen-bond donors (Lipinski definition) is 0. The van der Waals surface area contributed by atoms with Crippen molar-refractivity contribution in [3.8, 4) is 23.0 Å². The number of halogens is 2. The Hall–Kier alpha value is -3.12. The Bertz CT molecular complexity index is 1160. The molecule has 0 aliphatic rings. The van der Waals surface area contributed by atoms with E-state index in [0.717, 1.165) is 0 Å². The van der Waals surface area contributed by atoms with E-state index in [1.165, 1.54) is 40.2 Å². The second-order valence-corrected chi connectivity index (χ2v) is 10.4. The van der Waals surface area contributed by atoms with Crippen LogP contribution in [-0.2, 0) is 19.1 Å². The predicted molar refractivity (Wildman–Crippen MR) is 146 cm³/mol. The first kappa shape index (κ1) is 32.9. The minimum atomic E-state index is -0.565. The van der Waals surface area contributed by atoms with Crippen molar-refractivity contribution < 1.29 is 47.6 Å². The molecule has 0 bridgehead atoms. The van der Waals surface area contributed by atoms with Crippen LogP contribution >= 0.6 is 31.9 Å². The van der Waals surface area contributed by atoms with Crippen molar-refractivity contribution in [2.75, 3.05) is 27.4 Å². The number of ether oxygens (including phenoxy) is 6. The molecule has 10 nitrogen and oxygen atoms in total. The van der Waals surface area contributed by atoms with E-state index in [9.17, 15) is 19.2 Å². The number of carbonyl (C=O) groups is 4. The first-order valence-electron chi connectivity index (χ1n) is 11.3. The summed E-state index contributed by atoms with van der Waals surface area (Å²) in [7, 11) is 2.98. The summed E-state index contributed by atoms with van der Waals surface area (Å²) in [5.74, 6) is -0.889. The fourth-order valence-corrected chi connectivity index (χ4v) is 3.82.